The lowest BCUT2D eigenvalue weighted by atomic mass is 10.0. The minimum absolute atomic E-state index is 0.697. The molecule has 1 aromatic carbocycles. The van der Waals surface area contributed by atoms with Crippen LogP contribution in [0.2, 0.25) is 0 Å². The van der Waals surface area contributed by atoms with Crippen LogP contribution in [0.15, 0.2) is 18.2 Å². The summed E-state index contributed by atoms with van der Waals surface area (Å²) < 4.78 is 0. The van der Waals surface area contributed by atoms with Gasteiger partial charge in [-0.25, -0.2) is 0 Å². The first-order valence-electron chi connectivity index (χ1n) is 6.75. The van der Waals surface area contributed by atoms with Gasteiger partial charge in [-0.05, 0) is 61.1 Å². The molecule has 0 bridgehead atoms. The Hall–Kier alpha value is -1.02. The van der Waals surface area contributed by atoms with Crippen LogP contribution in [-0.2, 0) is 6.54 Å². The molecule has 2 fully saturated rings. The third kappa shape index (κ3) is 2.32. The second-order valence-corrected chi connectivity index (χ2v) is 5.93. The van der Waals surface area contributed by atoms with Gasteiger partial charge >= 0.3 is 0 Å². The van der Waals surface area contributed by atoms with Gasteiger partial charge in [-0.2, -0.15) is 0 Å². The van der Waals surface area contributed by atoms with Crippen LogP contribution in [0.4, 0.5) is 5.69 Å². The molecular formula is C15H22N2. The maximum Gasteiger partial charge on any atom is 0.0343 e. The van der Waals surface area contributed by atoms with Crippen molar-refractivity contribution < 1.29 is 0 Å². The van der Waals surface area contributed by atoms with Crippen molar-refractivity contribution in [3.05, 3.63) is 29.3 Å². The Labute approximate surface area is 104 Å². The van der Waals surface area contributed by atoms with Crippen molar-refractivity contribution in [1.29, 1.82) is 0 Å². The van der Waals surface area contributed by atoms with Crippen LogP contribution in [0, 0.1) is 18.3 Å². The van der Waals surface area contributed by atoms with Crippen LogP contribution < -0.4 is 11.1 Å². The third-order valence-electron chi connectivity index (χ3n) is 4.48. The predicted octanol–water partition coefficient (Wildman–Crippen LogP) is 2.86. The lowest BCUT2D eigenvalue weighted by Crippen LogP contribution is -2.25. The van der Waals surface area contributed by atoms with E-state index in [2.05, 4.69) is 24.4 Å². The molecule has 0 spiro atoms. The van der Waals surface area contributed by atoms with E-state index in [0.29, 0.717) is 5.41 Å². The molecule has 2 heteroatoms. The fourth-order valence-corrected chi connectivity index (χ4v) is 2.89. The van der Waals surface area contributed by atoms with Gasteiger partial charge in [0.05, 0.1) is 0 Å². The van der Waals surface area contributed by atoms with Crippen molar-refractivity contribution >= 4 is 5.69 Å². The van der Waals surface area contributed by atoms with E-state index in [9.17, 15) is 0 Å². The lowest BCUT2D eigenvalue weighted by molar-refractivity contribution is 0.403. The minimum Gasteiger partial charge on any atom is -0.399 e. The Morgan fingerprint density at radius 2 is 2.12 bits per heavy atom. The largest absolute Gasteiger partial charge is 0.399 e. The van der Waals surface area contributed by atoms with Gasteiger partial charge in [0.1, 0.15) is 0 Å². The molecule has 0 aliphatic heterocycles. The Kier molecular flexibility index (Phi) is 2.62. The Bertz CT molecular complexity index is 417. The van der Waals surface area contributed by atoms with Gasteiger partial charge in [-0.3, -0.25) is 0 Å². The summed E-state index contributed by atoms with van der Waals surface area (Å²) >= 11 is 0. The average molecular weight is 230 g/mol. The highest BCUT2D eigenvalue weighted by atomic mass is 14.9. The van der Waals surface area contributed by atoms with Crippen molar-refractivity contribution in [3.63, 3.8) is 0 Å². The van der Waals surface area contributed by atoms with E-state index in [1.807, 2.05) is 6.07 Å². The normalized spacial score (nSPS) is 21.5. The number of hydrogen-bond acceptors (Lipinski definition) is 2. The molecule has 17 heavy (non-hydrogen) atoms. The molecule has 0 saturated heterocycles. The van der Waals surface area contributed by atoms with E-state index in [0.717, 1.165) is 18.2 Å². The molecule has 92 valence electrons. The molecule has 0 aromatic heterocycles. The van der Waals surface area contributed by atoms with Crippen LogP contribution in [0.25, 0.3) is 0 Å². The molecule has 2 aliphatic carbocycles. The summed E-state index contributed by atoms with van der Waals surface area (Å²) in [4.78, 5) is 0. The van der Waals surface area contributed by atoms with Crippen molar-refractivity contribution in [3.8, 4) is 0 Å². The number of hydrogen-bond donors (Lipinski definition) is 2. The summed E-state index contributed by atoms with van der Waals surface area (Å²) in [5, 5.41) is 3.63. The molecule has 0 radical (unpaired) electrons. The monoisotopic (exact) mass is 230 g/mol. The number of nitrogens with one attached hydrogen (secondary N) is 1. The van der Waals surface area contributed by atoms with Gasteiger partial charge < -0.3 is 11.1 Å². The lowest BCUT2D eigenvalue weighted by Gasteiger charge is -2.15. The van der Waals surface area contributed by atoms with E-state index in [-0.39, 0.29) is 0 Å². The topological polar surface area (TPSA) is 38.0 Å². The van der Waals surface area contributed by atoms with Gasteiger partial charge in [0.2, 0.25) is 0 Å². The van der Waals surface area contributed by atoms with Crippen LogP contribution in [0.3, 0.4) is 0 Å². The highest BCUT2D eigenvalue weighted by molar-refractivity contribution is 5.47. The molecule has 2 nitrogen and oxygen atoms in total. The summed E-state index contributed by atoms with van der Waals surface area (Å²) in [5.41, 5.74) is 9.95. The second kappa shape index (κ2) is 4.02. The Morgan fingerprint density at radius 1 is 1.35 bits per heavy atom. The van der Waals surface area contributed by atoms with E-state index >= 15 is 0 Å². The number of rotatable bonds is 5. The SMILES string of the molecule is Cc1cc(CNCC2(C3CC3)CC2)ccc1N. The van der Waals surface area contributed by atoms with Crippen molar-refractivity contribution in [2.75, 3.05) is 12.3 Å². The zero-order valence-corrected chi connectivity index (χ0v) is 10.6. The zero-order chi connectivity index (χ0) is 11.9. The Morgan fingerprint density at radius 3 is 2.71 bits per heavy atom. The number of nitrogen functional groups attached to an aromatic ring is 1. The molecule has 0 atom stereocenters. The van der Waals surface area contributed by atoms with Crippen LogP contribution >= 0.6 is 0 Å². The molecule has 3 N–H and O–H groups in total. The van der Waals surface area contributed by atoms with E-state index in [1.54, 1.807) is 0 Å². The molecule has 2 saturated carbocycles. The van der Waals surface area contributed by atoms with Crippen molar-refractivity contribution in [1.82, 2.24) is 5.32 Å². The van der Waals surface area contributed by atoms with Crippen LogP contribution in [0.5, 0.6) is 0 Å². The first-order valence-corrected chi connectivity index (χ1v) is 6.75. The number of aryl methyl sites for hydroxylation is 1. The fourth-order valence-electron chi connectivity index (χ4n) is 2.89. The molecule has 0 heterocycles. The van der Waals surface area contributed by atoms with Gasteiger partial charge in [-0.15, -0.1) is 0 Å². The number of nitrogens with two attached hydrogens (primary N) is 1. The third-order valence-corrected chi connectivity index (χ3v) is 4.48. The van der Waals surface area contributed by atoms with Gasteiger partial charge in [0, 0.05) is 18.8 Å². The summed E-state index contributed by atoms with van der Waals surface area (Å²) in [6.45, 7) is 4.27. The fraction of sp³-hybridized carbons (Fsp3) is 0.600. The maximum absolute atomic E-state index is 5.82. The van der Waals surface area contributed by atoms with E-state index < -0.39 is 0 Å². The highest BCUT2D eigenvalue weighted by Crippen LogP contribution is 2.60. The molecule has 2 aliphatic rings. The highest BCUT2D eigenvalue weighted by Gasteiger charge is 2.53. The van der Waals surface area contributed by atoms with Crippen LogP contribution in [-0.4, -0.2) is 6.54 Å². The summed E-state index contributed by atoms with van der Waals surface area (Å²) in [6, 6.07) is 6.34. The molecule has 1 aromatic rings. The number of anilines is 1. The van der Waals surface area contributed by atoms with Gasteiger partial charge in [0.25, 0.3) is 0 Å². The maximum atomic E-state index is 5.82. The first kappa shape index (κ1) is 11.1. The molecule has 3 rings (SSSR count). The first-order chi connectivity index (χ1) is 8.20. The van der Waals surface area contributed by atoms with Gasteiger partial charge in [-0.1, -0.05) is 12.1 Å². The molecule has 0 unspecified atom stereocenters. The van der Waals surface area contributed by atoms with Crippen LogP contribution in [0.1, 0.15) is 36.8 Å². The molecular weight excluding hydrogens is 208 g/mol. The average Bonchev–Trinajstić information content (AvgIpc) is 3.14. The van der Waals surface area contributed by atoms with Crippen molar-refractivity contribution in [2.45, 2.75) is 39.2 Å². The second-order valence-electron chi connectivity index (χ2n) is 5.93. The summed E-state index contributed by atoms with van der Waals surface area (Å²) in [7, 11) is 0. The number of benzene rings is 1. The standard InChI is InChI=1S/C15H22N2/c1-11-8-12(2-5-14(11)16)9-17-10-15(6-7-15)13-3-4-13/h2,5,8,13,17H,3-4,6-7,9-10,16H2,1H3. The zero-order valence-electron chi connectivity index (χ0n) is 10.6. The molecule has 0 amide bonds. The quantitative estimate of drug-likeness (QED) is 0.763. The Balaban J connectivity index is 1.52. The smallest absolute Gasteiger partial charge is 0.0343 e. The van der Waals surface area contributed by atoms with E-state index in [4.69, 9.17) is 5.73 Å². The predicted molar refractivity (Wildman–Crippen MR) is 71.7 cm³/mol. The van der Waals surface area contributed by atoms with E-state index in [1.165, 1.54) is 43.4 Å². The van der Waals surface area contributed by atoms with Gasteiger partial charge in [0.15, 0.2) is 0 Å². The summed E-state index contributed by atoms with van der Waals surface area (Å²) in [5.74, 6) is 1.04. The summed E-state index contributed by atoms with van der Waals surface area (Å²) in [6.07, 6.45) is 5.85. The van der Waals surface area contributed by atoms with Crippen molar-refractivity contribution in [2.24, 2.45) is 11.3 Å². The minimum atomic E-state index is 0.697.